The van der Waals surface area contributed by atoms with Gasteiger partial charge in [0, 0.05) is 0 Å². The maximum absolute atomic E-state index is 10.0. The highest BCUT2D eigenvalue weighted by atomic mass is 16.3. The highest BCUT2D eigenvalue weighted by Crippen LogP contribution is 2.37. The Morgan fingerprint density at radius 1 is 0.923 bits per heavy atom. The largest absolute Gasteiger partial charge is 0.393 e. The van der Waals surface area contributed by atoms with Crippen molar-refractivity contribution in [3.05, 3.63) is 0 Å². The van der Waals surface area contributed by atoms with Crippen LogP contribution < -0.4 is 0 Å². The van der Waals surface area contributed by atoms with Gasteiger partial charge >= 0.3 is 0 Å². The van der Waals surface area contributed by atoms with Crippen molar-refractivity contribution in [1.82, 2.24) is 0 Å². The molecule has 0 aromatic carbocycles. The number of aliphatic hydroxyl groups excluding tert-OH is 1. The average Bonchev–Trinajstić information content (AvgIpc) is 2.87. The minimum absolute atomic E-state index is 0.0330. The number of hydrogen-bond donors (Lipinski definition) is 1. The molecule has 1 atom stereocenters. The van der Waals surface area contributed by atoms with Crippen molar-refractivity contribution in [2.75, 3.05) is 0 Å². The van der Waals surface area contributed by atoms with E-state index >= 15 is 0 Å². The van der Waals surface area contributed by atoms with Gasteiger partial charge in [-0.1, -0.05) is 38.5 Å². The SMILES string of the molecule is OC(CC1CC1)C1CCCCCC1. The molecule has 2 fully saturated rings. The molecule has 0 bridgehead atoms. The minimum Gasteiger partial charge on any atom is -0.393 e. The summed E-state index contributed by atoms with van der Waals surface area (Å²) in [6, 6.07) is 0. The van der Waals surface area contributed by atoms with Crippen LogP contribution in [-0.2, 0) is 0 Å². The first-order valence-electron chi connectivity index (χ1n) is 6.04. The molecule has 0 aromatic heterocycles. The van der Waals surface area contributed by atoms with E-state index < -0.39 is 0 Å². The lowest BCUT2D eigenvalue weighted by Gasteiger charge is -2.20. The molecule has 0 radical (unpaired) electrons. The van der Waals surface area contributed by atoms with Gasteiger partial charge in [0.25, 0.3) is 0 Å². The maximum atomic E-state index is 10.0. The summed E-state index contributed by atoms with van der Waals surface area (Å²) in [5.74, 6) is 1.53. The van der Waals surface area contributed by atoms with Crippen molar-refractivity contribution < 1.29 is 5.11 Å². The third kappa shape index (κ3) is 2.98. The van der Waals surface area contributed by atoms with Crippen LogP contribution in [0.1, 0.15) is 57.8 Å². The van der Waals surface area contributed by atoms with Crippen LogP contribution in [0, 0.1) is 11.8 Å². The summed E-state index contributed by atoms with van der Waals surface area (Å²) in [6.07, 6.45) is 12.0. The van der Waals surface area contributed by atoms with Gasteiger partial charge in [-0.05, 0) is 31.1 Å². The zero-order valence-electron chi connectivity index (χ0n) is 8.54. The molecule has 2 aliphatic rings. The summed E-state index contributed by atoms with van der Waals surface area (Å²) in [5.41, 5.74) is 0. The Balaban J connectivity index is 1.74. The van der Waals surface area contributed by atoms with Crippen LogP contribution in [0.15, 0.2) is 0 Å². The standard InChI is InChI=1S/C12H22O/c13-12(9-10-7-8-10)11-5-3-1-2-4-6-11/h10-13H,1-9H2. The molecule has 1 unspecified atom stereocenters. The Bertz CT molecular complexity index is 143. The van der Waals surface area contributed by atoms with E-state index in [1.807, 2.05) is 0 Å². The fourth-order valence-corrected chi connectivity index (χ4v) is 2.58. The van der Waals surface area contributed by atoms with Crippen molar-refractivity contribution in [3.8, 4) is 0 Å². The molecule has 2 saturated carbocycles. The van der Waals surface area contributed by atoms with Gasteiger partial charge in [-0.25, -0.2) is 0 Å². The normalized spacial score (nSPS) is 28.4. The van der Waals surface area contributed by atoms with Crippen molar-refractivity contribution in [2.45, 2.75) is 63.9 Å². The molecule has 0 amide bonds. The second-order valence-corrected chi connectivity index (χ2v) is 5.00. The van der Waals surface area contributed by atoms with E-state index in [1.165, 1.54) is 51.4 Å². The Kier molecular flexibility index (Phi) is 3.26. The molecule has 1 N–H and O–H groups in total. The molecule has 13 heavy (non-hydrogen) atoms. The molecular weight excluding hydrogens is 160 g/mol. The van der Waals surface area contributed by atoms with E-state index in [-0.39, 0.29) is 6.10 Å². The van der Waals surface area contributed by atoms with Gasteiger partial charge in [-0.15, -0.1) is 0 Å². The minimum atomic E-state index is 0.0330. The Labute approximate surface area is 81.5 Å². The van der Waals surface area contributed by atoms with Crippen LogP contribution in [0.2, 0.25) is 0 Å². The summed E-state index contributed by atoms with van der Waals surface area (Å²) in [5, 5.41) is 10.0. The van der Waals surface area contributed by atoms with Crippen LogP contribution in [0.4, 0.5) is 0 Å². The van der Waals surface area contributed by atoms with Gasteiger partial charge in [-0.2, -0.15) is 0 Å². The first-order valence-corrected chi connectivity index (χ1v) is 6.04. The van der Waals surface area contributed by atoms with Crippen LogP contribution in [0.25, 0.3) is 0 Å². The van der Waals surface area contributed by atoms with Crippen LogP contribution in [-0.4, -0.2) is 11.2 Å². The summed E-state index contributed by atoms with van der Waals surface area (Å²) in [7, 11) is 0. The number of rotatable bonds is 3. The van der Waals surface area contributed by atoms with Crippen molar-refractivity contribution in [3.63, 3.8) is 0 Å². The third-order valence-corrected chi connectivity index (χ3v) is 3.72. The predicted molar refractivity (Wildman–Crippen MR) is 54.5 cm³/mol. The molecule has 1 nitrogen and oxygen atoms in total. The molecule has 0 aliphatic heterocycles. The Hall–Kier alpha value is -0.0400. The van der Waals surface area contributed by atoms with Crippen molar-refractivity contribution in [1.29, 1.82) is 0 Å². The summed E-state index contributed by atoms with van der Waals surface area (Å²) < 4.78 is 0. The molecule has 2 rings (SSSR count). The monoisotopic (exact) mass is 182 g/mol. The fourth-order valence-electron chi connectivity index (χ4n) is 2.58. The van der Waals surface area contributed by atoms with Gasteiger partial charge in [0.05, 0.1) is 6.10 Å². The molecule has 76 valence electrons. The van der Waals surface area contributed by atoms with E-state index in [2.05, 4.69) is 0 Å². The van der Waals surface area contributed by atoms with Gasteiger partial charge in [0.2, 0.25) is 0 Å². The number of hydrogen-bond acceptors (Lipinski definition) is 1. The molecule has 1 heteroatoms. The Morgan fingerprint density at radius 2 is 1.54 bits per heavy atom. The van der Waals surface area contributed by atoms with Crippen LogP contribution >= 0.6 is 0 Å². The van der Waals surface area contributed by atoms with E-state index in [9.17, 15) is 5.11 Å². The Morgan fingerprint density at radius 3 is 2.08 bits per heavy atom. The van der Waals surface area contributed by atoms with E-state index in [1.54, 1.807) is 0 Å². The molecular formula is C12H22O. The summed E-state index contributed by atoms with van der Waals surface area (Å²) in [6.45, 7) is 0. The van der Waals surface area contributed by atoms with Crippen molar-refractivity contribution >= 4 is 0 Å². The molecule has 0 spiro atoms. The quantitative estimate of drug-likeness (QED) is 0.665. The summed E-state index contributed by atoms with van der Waals surface area (Å²) >= 11 is 0. The zero-order chi connectivity index (χ0) is 9.10. The predicted octanol–water partition coefficient (Wildman–Crippen LogP) is 3.12. The highest BCUT2D eigenvalue weighted by molar-refractivity contribution is 4.80. The van der Waals surface area contributed by atoms with Gasteiger partial charge in [-0.3, -0.25) is 0 Å². The smallest absolute Gasteiger partial charge is 0.0571 e. The third-order valence-electron chi connectivity index (χ3n) is 3.72. The molecule has 2 aliphatic carbocycles. The van der Waals surface area contributed by atoms with Gasteiger partial charge in [0.15, 0.2) is 0 Å². The second-order valence-electron chi connectivity index (χ2n) is 5.00. The molecule has 0 aromatic rings. The van der Waals surface area contributed by atoms with E-state index in [4.69, 9.17) is 0 Å². The number of aliphatic hydroxyl groups is 1. The highest BCUT2D eigenvalue weighted by Gasteiger charge is 2.28. The van der Waals surface area contributed by atoms with Gasteiger partial charge < -0.3 is 5.11 Å². The maximum Gasteiger partial charge on any atom is 0.0571 e. The molecule has 0 saturated heterocycles. The zero-order valence-corrected chi connectivity index (χ0v) is 8.54. The lowest BCUT2D eigenvalue weighted by atomic mass is 9.91. The van der Waals surface area contributed by atoms with Crippen molar-refractivity contribution in [2.24, 2.45) is 11.8 Å². The lowest BCUT2D eigenvalue weighted by Crippen LogP contribution is -2.20. The fraction of sp³-hybridized carbons (Fsp3) is 1.00. The van der Waals surface area contributed by atoms with E-state index in [0.717, 1.165) is 12.3 Å². The van der Waals surface area contributed by atoms with E-state index in [0.29, 0.717) is 5.92 Å². The van der Waals surface area contributed by atoms with Crippen LogP contribution in [0.3, 0.4) is 0 Å². The first kappa shape index (κ1) is 9.51. The lowest BCUT2D eigenvalue weighted by molar-refractivity contribution is 0.0848. The second kappa shape index (κ2) is 4.45. The first-order chi connectivity index (χ1) is 6.36. The summed E-state index contributed by atoms with van der Waals surface area (Å²) in [4.78, 5) is 0. The van der Waals surface area contributed by atoms with Gasteiger partial charge in [0.1, 0.15) is 0 Å². The van der Waals surface area contributed by atoms with Crippen LogP contribution in [0.5, 0.6) is 0 Å². The molecule has 0 heterocycles. The average molecular weight is 182 g/mol. The topological polar surface area (TPSA) is 20.2 Å².